The summed E-state index contributed by atoms with van der Waals surface area (Å²) < 4.78 is 65.4. The van der Waals surface area contributed by atoms with Gasteiger partial charge < -0.3 is 24.4 Å². The Morgan fingerprint density at radius 2 is 1.34 bits per heavy atom. The number of carboxylic acid groups (broad SMARTS) is 2. The van der Waals surface area contributed by atoms with E-state index in [2.05, 4.69) is 22.0 Å². The topological polar surface area (TPSA) is 115 Å². The number of hydrogen-bond donors (Lipinski definition) is 2. The standard InChI is InChI=1S/C19H20N4O.2C2HF3O2/c1-15-7-8-23-14-17(20-18(23)13-15)19(24)22-11-9-21(10-12-22)16-5-3-2-4-6-16;2*3-2(4,5)1(6)7/h2-8,13-14H,9-12H2,1H3;2*(H,6,7). The van der Waals surface area contributed by atoms with Crippen LogP contribution in [0.1, 0.15) is 16.1 Å². The van der Waals surface area contributed by atoms with Crippen molar-refractivity contribution in [3.8, 4) is 0 Å². The molecule has 1 aliphatic heterocycles. The normalized spacial score (nSPS) is 13.7. The first-order chi connectivity index (χ1) is 17.6. The lowest BCUT2D eigenvalue weighted by molar-refractivity contribution is -0.193. The van der Waals surface area contributed by atoms with E-state index in [-0.39, 0.29) is 5.91 Å². The number of fused-ring (bicyclic) bond motifs is 1. The molecule has 9 nitrogen and oxygen atoms in total. The van der Waals surface area contributed by atoms with Gasteiger partial charge in [-0.2, -0.15) is 26.3 Å². The number of carbonyl (C=O) groups excluding carboxylic acids is 1. The van der Waals surface area contributed by atoms with Gasteiger partial charge in [-0.15, -0.1) is 0 Å². The molecule has 1 amide bonds. The van der Waals surface area contributed by atoms with Crippen LogP contribution >= 0.6 is 0 Å². The third-order valence-electron chi connectivity index (χ3n) is 5.01. The van der Waals surface area contributed by atoms with Crippen LogP contribution in [0, 0.1) is 6.92 Å². The molecule has 15 heteroatoms. The third-order valence-corrected chi connectivity index (χ3v) is 5.01. The number of halogens is 6. The van der Waals surface area contributed by atoms with Crippen molar-refractivity contribution in [2.45, 2.75) is 19.3 Å². The largest absolute Gasteiger partial charge is 0.490 e. The van der Waals surface area contributed by atoms with E-state index in [1.54, 1.807) is 0 Å². The summed E-state index contributed by atoms with van der Waals surface area (Å²) >= 11 is 0. The van der Waals surface area contributed by atoms with Crippen LogP contribution in [0.4, 0.5) is 32.0 Å². The molecule has 3 heterocycles. The summed E-state index contributed by atoms with van der Waals surface area (Å²) in [6.07, 6.45) is -6.40. The highest BCUT2D eigenvalue weighted by Crippen LogP contribution is 2.17. The Bertz CT molecular complexity index is 1230. The molecule has 1 saturated heterocycles. The van der Waals surface area contributed by atoms with Gasteiger partial charge in [0.2, 0.25) is 0 Å². The molecule has 0 aliphatic carbocycles. The maximum atomic E-state index is 12.7. The number of nitrogens with zero attached hydrogens (tertiary/aromatic N) is 4. The number of para-hydroxylation sites is 1. The molecule has 0 spiro atoms. The summed E-state index contributed by atoms with van der Waals surface area (Å²) in [4.78, 5) is 39.2. The van der Waals surface area contributed by atoms with E-state index in [0.29, 0.717) is 5.69 Å². The first-order valence-electron chi connectivity index (χ1n) is 10.7. The summed E-state index contributed by atoms with van der Waals surface area (Å²) in [6.45, 7) is 5.17. The fourth-order valence-corrected chi connectivity index (χ4v) is 3.16. The molecular weight excluding hydrogens is 526 g/mol. The van der Waals surface area contributed by atoms with Crippen LogP contribution in [0.2, 0.25) is 0 Å². The first-order valence-corrected chi connectivity index (χ1v) is 10.7. The predicted molar refractivity (Wildman–Crippen MR) is 122 cm³/mol. The number of hydrogen-bond acceptors (Lipinski definition) is 5. The van der Waals surface area contributed by atoms with Crippen LogP contribution in [0.25, 0.3) is 5.65 Å². The van der Waals surface area contributed by atoms with Crippen molar-refractivity contribution in [1.29, 1.82) is 0 Å². The van der Waals surface area contributed by atoms with E-state index in [1.807, 2.05) is 58.9 Å². The number of benzene rings is 1. The molecule has 1 fully saturated rings. The van der Waals surface area contributed by atoms with Gasteiger partial charge in [0, 0.05) is 44.3 Å². The summed E-state index contributed by atoms with van der Waals surface area (Å²) in [5, 5.41) is 14.2. The number of imidazole rings is 1. The SMILES string of the molecule is Cc1ccn2cc(C(=O)N3CCN(c4ccccc4)CC3)nc2c1.O=C(O)C(F)(F)F.O=C(O)C(F)(F)F. The Hall–Kier alpha value is -4.30. The minimum Gasteiger partial charge on any atom is -0.475 e. The highest BCUT2D eigenvalue weighted by atomic mass is 19.4. The molecule has 1 aromatic carbocycles. The molecule has 1 aliphatic rings. The Labute approximate surface area is 211 Å². The van der Waals surface area contributed by atoms with Gasteiger partial charge in [0.15, 0.2) is 0 Å². The van der Waals surface area contributed by atoms with Crippen LogP contribution in [0.15, 0.2) is 54.9 Å². The third kappa shape index (κ3) is 8.67. The van der Waals surface area contributed by atoms with Crippen LogP contribution in [0.5, 0.6) is 0 Å². The number of aliphatic carboxylic acids is 2. The Morgan fingerprint density at radius 3 is 1.82 bits per heavy atom. The van der Waals surface area contributed by atoms with Gasteiger partial charge in [-0.25, -0.2) is 14.6 Å². The second-order valence-corrected chi connectivity index (χ2v) is 7.82. The number of aromatic nitrogens is 2. The monoisotopic (exact) mass is 548 g/mol. The average Bonchev–Trinajstić information content (AvgIpc) is 3.27. The number of piperazine rings is 1. The van der Waals surface area contributed by atoms with E-state index in [1.165, 1.54) is 5.69 Å². The quantitative estimate of drug-likeness (QED) is 0.468. The molecule has 2 N–H and O–H groups in total. The van der Waals surface area contributed by atoms with Crippen molar-refractivity contribution in [3.63, 3.8) is 0 Å². The van der Waals surface area contributed by atoms with Gasteiger partial charge >= 0.3 is 24.3 Å². The number of anilines is 1. The second kappa shape index (κ2) is 12.3. The molecule has 0 atom stereocenters. The zero-order chi connectivity index (χ0) is 28.7. The Morgan fingerprint density at radius 1 is 0.842 bits per heavy atom. The van der Waals surface area contributed by atoms with E-state index in [4.69, 9.17) is 19.8 Å². The van der Waals surface area contributed by atoms with Crippen LogP contribution in [-0.2, 0) is 9.59 Å². The number of pyridine rings is 1. The fraction of sp³-hybridized carbons (Fsp3) is 0.304. The van der Waals surface area contributed by atoms with E-state index in [0.717, 1.165) is 37.4 Å². The maximum Gasteiger partial charge on any atom is 0.490 e. The molecular formula is C23H22F6N4O5. The number of alkyl halides is 6. The second-order valence-electron chi connectivity index (χ2n) is 7.82. The molecule has 206 valence electrons. The molecule has 38 heavy (non-hydrogen) atoms. The molecule has 0 radical (unpaired) electrons. The minimum absolute atomic E-state index is 0.0177. The zero-order valence-electron chi connectivity index (χ0n) is 19.7. The number of carbonyl (C=O) groups is 3. The van der Waals surface area contributed by atoms with E-state index >= 15 is 0 Å². The summed E-state index contributed by atoms with van der Waals surface area (Å²) in [5.41, 5.74) is 3.70. The predicted octanol–water partition coefficient (Wildman–Crippen LogP) is 3.87. The molecule has 2 aromatic heterocycles. The Balaban J connectivity index is 0.000000301. The first kappa shape index (κ1) is 29.9. The van der Waals surface area contributed by atoms with Gasteiger partial charge in [-0.05, 0) is 36.8 Å². The van der Waals surface area contributed by atoms with Crippen molar-refractivity contribution < 1.29 is 50.9 Å². The lowest BCUT2D eigenvalue weighted by Gasteiger charge is -2.35. The van der Waals surface area contributed by atoms with E-state index < -0.39 is 24.3 Å². The fourth-order valence-electron chi connectivity index (χ4n) is 3.16. The van der Waals surface area contributed by atoms with E-state index in [9.17, 15) is 31.1 Å². The molecule has 0 bridgehead atoms. The number of aryl methyl sites for hydroxylation is 1. The summed E-state index contributed by atoms with van der Waals surface area (Å²) in [5.74, 6) is -5.50. The zero-order valence-corrected chi connectivity index (χ0v) is 19.7. The van der Waals surface area contributed by atoms with Crippen molar-refractivity contribution in [1.82, 2.24) is 14.3 Å². The minimum atomic E-state index is -5.08. The van der Waals surface area contributed by atoms with Crippen LogP contribution < -0.4 is 4.90 Å². The lowest BCUT2D eigenvalue weighted by Crippen LogP contribution is -2.48. The van der Waals surface area contributed by atoms with Gasteiger partial charge in [-0.1, -0.05) is 18.2 Å². The van der Waals surface area contributed by atoms with Crippen molar-refractivity contribution in [2.24, 2.45) is 0 Å². The molecule has 0 unspecified atom stereocenters. The van der Waals surface area contributed by atoms with Gasteiger partial charge in [0.25, 0.3) is 5.91 Å². The van der Waals surface area contributed by atoms with Crippen molar-refractivity contribution in [2.75, 3.05) is 31.1 Å². The average molecular weight is 548 g/mol. The number of carboxylic acids is 2. The van der Waals surface area contributed by atoms with Crippen LogP contribution in [-0.4, -0.2) is 80.9 Å². The van der Waals surface area contributed by atoms with Crippen molar-refractivity contribution in [3.05, 3.63) is 66.1 Å². The summed E-state index contributed by atoms with van der Waals surface area (Å²) in [6, 6.07) is 14.3. The van der Waals surface area contributed by atoms with Gasteiger partial charge in [-0.3, -0.25) is 4.79 Å². The van der Waals surface area contributed by atoms with Gasteiger partial charge in [0.05, 0.1) is 0 Å². The van der Waals surface area contributed by atoms with Crippen LogP contribution in [0.3, 0.4) is 0 Å². The number of rotatable bonds is 2. The highest BCUT2D eigenvalue weighted by Gasteiger charge is 2.38. The lowest BCUT2D eigenvalue weighted by atomic mass is 10.2. The molecule has 3 aromatic rings. The summed E-state index contributed by atoms with van der Waals surface area (Å²) in [7, 11) is 0. The van der Waals surface area contributed by atoms with Crippen molar-refractivity contribution >= 4 is 29.2 Å². The number of amides is 1. The smallest absolute Gasteiger partial charge is 0.475 e. The molecule has 0 saturated carbocycles. The highest BCUT2D eigenvalue weighted by molar-refractivity contribution is 5.93. The van der Waals surface area contributed by atoms with Gasteiger partial charge in [0.1, 0.15) is 11.3 Å². The Kier molecular flexibility index (Phi) is 9.68. The molecule has 4 rings (SSSR count). The maximum absolute atomic E-state index is 12.7.